The van der Waals surface area contributed by atoms with Crippen molar-refractivity contribution in [3.05, 3.63) is 95.1 Å². The Labute approximate surface area is 177 Å². The van der Waals surface area contributed by atoms with Crippen LogP contribution in [0, 0.1) is 5.41 Å². The molecule has 0 aromatic heterocycles. The standard InChI is InChI=1S/C25H28N2O3/c1-25(2,17-28)21-8-12-23(13-9-21)30-16-19-5-3-4-18(14-19)15-29-22-10-6-20(7-11-22)24(26)27/h3-14,28H,15-17H2,1-2H3,(H3,26,27). The number of aliphatic hydroxyl groups excluding tert-OH is 1. The Morgan fingerprint density at radius 2 is 1.37 bits per heavy atom. The zero-order valence-corrected chi connectivity index (χ0v) is 17.4. The fraction of sp³-hybridized carbons (Fsp3) is 0.240. The van der Waals surface area contributed by atoms with Crippen molar-refractivity contribution in [1.82, 2.24) is 0 Å². The van der Waals surface area contributed by atoms with Crippen molar-refractivity contribution in [2.24, 2.45) is 5.73 Å². The Hall–Kier alpha value is -3.31. The van der Waals surface area contributed by atoms with Gasteiger partial charge >= 0.3 is 0 Å². The van der Waals surface area contributed by atoms with Crippen LogP contribution in [0.1, 0.15) is 36.1 Å². The smallest absolute Gasteiger partial charge is 0.122 e. The van der Waals surface area contributed by atoms with Gasteiger partial charge in [0.2, 0.25) is 0 Å². The van der Waals surface area contributed by atoms with Crippen molar-refractivity contribution in [3.63, 3.8) is 0 Å². The lowest BCUT2D eigenvalue weighted by Crippen LogP contribution is -2.21. The van der Waals surface area contributed by atoms with Gasteiger partial charge in [0.05, 0.1) is 6.61 Å². The van der Waals surface area contributed by atoms with Crippen LogP contribution in [0.15, 0.2) is 72.8 Å². The maximum atomic E-state index is 9.49. The number of benzene rings is 3. The lowest BCUT2D eigenvalue weighted by atomic mass is 9.86. The van der Waals surface area contributed by atoms with Crippen molar-refractivity contribution in [2.75, 3.05) is 6.61 Å². The van der Waals surface area contributed by atoms with Gasteiger partial charge in [-0.3, -0.25) is 5.41 Å². The molecule has 4 N–H and O–H groups in total. The highest BCUT2D eigenvalue weighted by molar-refractivity contribution is 5.94. The zero-order valence-electron chi connectivity index (χ0n) is 17.4. The molecular formula is C25H28N2O3. The average Bonchev–Trinajstić information content (AvgIpc) is 2.77. The summed E-state index contributed by atoms with van der Waals surface area (Å²) in [6.45, 7) is 5.02. The van der Waals surface area contributed by atoms with Crippen molar-refractivity contribution >= 4 is 5.84 Å². The maximum Gasteiger partial charge on any atom is 0.122 e. The Morgan fingerprint density at radius 1 is 0.867 bits per heavy atom. The molecule has 5 heteroatoms. The van der Waals surface area contributed by atoms with Gasteiger partial charge in [0.25, 0.3) is 0 Å². The highest BCUT2D eigenvalue weighted by atomic mass is 16.5. The first kappa shape index (κ1) is 21.4. The summed E-state index contributed by atoms with van der Waals surface area (Å²) in [5, 5.41) is 16.9. The number of hydrogen-bond acceptors (Lipinski definition) is 4. The molecule has 0 spiro atoms. The first-order valence-corrected chi connectivity index (χ1v) is 9.87. The maximum absolute atomic E-state index is 9.49. The third kappa shape index (κ3) is 5.61. The monoisotopic (exact) mass is 404 g/mol. The van der Waals surface area contributed by atoms with Gasteiger partial charge in [-0.1, -0.05) is 44.2 Å². The second-order valence-corrected chi connectivity index (χ2v) is 7.90. The van der Waals surface area contributed by atoms with Crippen LogP contribution in [-0.2, 0) is 18.6 Å². The van der Waals surface area contributed by atoms with Gasteiger partial charge in [-0.15, -0.1) is 0 Å². The predicted molar refractivity (Wildman–Crippen MR) is 119 cm³/mol. The Bertz CT molecular complexity index is 980. The summed E-state index contributed by atoms with van der Waals surface area (Å²) < 4.78 is 11.7. The average molecular weight is 405 g/mol. The van der Waals surface area contributed by atoms with Crippen LogP contribution in [-0.4, -0.2) is 17.5 Å². The molecule has 0 aliphatic heterocycles. The number of aliphatic hydroxyl groups is 1. The molecular weight excluding hydrogens is 376 g/mol. The van der Waals surface area contributed by atoms with Crippen molar-refractivity contribution in [3.8, 4) is 11.5 Å². The molecule has 0 unspecified atom stereocenters. The first-order valence-electron chi connectivity index (χ1n) is 9.87. The molecule has 30 heavy (non-hydrogen) atoms. The molecule has 3 rings (SSSR count). The number of nitrogens with one attached hydrogen (secondary N) is 1. The number of ether oxygens (including phenoxy) is 2. The Balaban J connectivity index is 1.55. The van der Waals surface area contributed by atoms with Gasteiger partial charge in [0.1, 0.15) is 30.5 Å². The third-order valence-corrected chi connectivity index (χ3v) is 5.00. The van der Waals surface area contributed by atoms with Gasteiger partial charge in [-0.2, -0.15) is 0 Å². The fourth-order valence-corrected chi connectivity index (χ4v) is 2.97. The van der Waals surface area contributed by atoms with E-state index >= 15 is 0 Å². The third-order valence-electron chi connectivity index (χ3n) is 5.00. The van der Waals surface area contributed by atoms with Gasteiger partial charge in [-0.05, 0) is 59.2 Å². The number of hydrogen-bond donors (Lipinski definition) is 3. The Morgan fingerprint density at radius 3 is 1.83 bits per heavy atom. The molecule has 0 saturated heterocycles. The van der Waals surface area contributed by atoms with E-state index in [-0.39, 0.29) is 17.9 Å². The van der Waals surface area contributed by atoms with Crippen molar-refractivity contribution in [1.29, 1.82) is 5.41 Å². The SMILES string of the molecule is CC(C)(CO)c1ccc(OCc2cccc(COc3ccc(C(=N)N)cc3)c2)cc1. The van der Waals surface area contributed by atoms with E-state index in [0.29, 0.717) is 18.8 Å². The molecule has 3 aromatic rings. The van der Waals surface area contributed by atoms with Crippen LogP contribution >= 0.6 is 0 Å². The minimum Gasteiger partial charge on any atom is -0.489 e. The second-order valence-electron chi connectivity index (χ2n) is 7.90. The van der Waals surface area contributed by atoms with Crippen molar-refractivity contribution < 1.29 is 14.6 Å². The second kappa shape index (κ2) is 9.46. The normalized spacial score (nSPS) is 11.2. The molecule has 156 valence electrons. The molecule has 0 radical (unpaired) electrons. The highest BCUT2D eigenvalue weighted by Gasteiger charge is 2.18. The molecule has 0 heterocycles. The molecule has 3 aromatic carbocycles. The summed E-state index contributed by atoms with van der Waals surface area (Å²) >= 11 is 0. The summed E-state index contributed by atoms with van der Waals surface area (Å²) in [7, 11) is 0. The van der Waals surface area contributed by atoms with Gasteiger partial charge < -0.3 is 20.3 Å². The summed E-state index contributed by atoms with van der Waals surface area (Å²) in [6, 6.07) is 23.1. The predicted octanol–water partition coefficient (Wildman–Crippen LogP) is 4.40. The number of rotatable bonds is 9. The summed E-state index contributed by atoms with van der Waals surface area (Å²) in [6.07, 6.45) is 0. The molecule has 0 bridgehead atoms. The van der Waals surface area contributed by atoms with Gasteiger partial charge in [0.15, 0.2) is 0 Å². The summed E-state index contributed by atoms with van der Waals surface area (Å²) in [5.74, 6) is 1.56. The lowest BCUT2D eigenvalue weighted by Gasteiger charge is -2.22. The minimum absolute atomic E-state index is 0.0426. The Kier molecular flexibility index (Phi) is 6.75. The van der Waals surface area contributed by atoms with E-state index in [1.54, 1.807) is 12.1 Å². The van der Waals surface area contributed by atoms with E-state index in [1.807, 2.05) is 68.4 Å². The topological polar surface area (TPSA) is 88.6 Å². The molecule has 0 aliphatic carbocycles. The molecule has 0 saturated carbocycles. The minimum atomic E-state index is -0.265. The quantitative estimate of drug-likeness (QED) is 0.364. The van der Waals surface area contributed by atoms with Crippen LogP contribution in [0.2, 0.25) is 0 Å². The van der Waals surface area contributed by atoms with E-state index in [4.69, 9.17) is 20.6 Å². The van der Waals surface area contributed by atoms with Gasteiger partial charge in [0, 0.05) is 11.0 Å². The van der Waals surface area contributed by atoms with E-state index in [1.165, 1.54) is 0 Å². The number of nitrogens with two attached hydrogens (primary N) is 1. The first-order chi connectivity index (χ1) is 14.4. The molecule has 0 amide bonds. The molecule has 0 atom stereocenters. The van der Waals surface area contributed by atoms with E-state index in [0.717, 1.165) is 28.2 Å². The van der Waals surface area contributed by atoms with Crippen molar-refractivity contribution in [2.45, 2.75) is 32.5 Å². The van der Waals surface area contributed by atoms with Crippen LogP contribution in [0.5, 0.6) is 11.5 Å². The largest absolute Gasteiger partial charge is 0.489 e. The molecule has 0 aliphatic rings. The molecule has 5 nitrogen and oxygen atoms in total. The number of nitrogen functional groups attached to an aromatic ring is 1. The van der Waals surface area contributed by atoms with Crippen LogP contribution in [0.25, 0.3) is 0 Å². The van der Waals surface area contributed by atoms with E-state index < -0.39 is 0 Å². The van der Waals surface area contributed by atoms with E-state index in [9.17, 15) is 5.11 Å². The lowest BCUT2D eigenvalue weighted by molar-refractivity contribution is 0.218. The number of amidine groups is 1. The summed E-state index contributed by atoms with van der Waals surface area (Å²) in [4.78, 5) is 0. The van der Waals surface area contributed by atoms with Crippen LogP contribution in [0.3, 0.4) is 0 Å². The van der Waals surface area contributed by atoms with Crippen LogP contribution in [0.4, 0.5) is 0 Å². The summed E-state index contributed by atoms with van der Waals surface area (Å²) in [5.41, 5.74) is 9.06. The fourth-order valence-electron chi connectivity index (χ4n) is 2.97. The van der Waals surface area contributed by atoms with Gasteiger partial charge in [-0.25, -0.2) is 0 Å². The highest BCUT2D eigenvalue weighted by Crippen LogP contribution is 2.25. The molecule has 0 fully saturated rings. The zero-order chi connectivity index (χ0) is 21.6. The van der Waals surface area contributed by atoms with Crippen LogP contribution < -0.4 is 15.2 Å². The van der Waals surface area contributed by atoms with E-state index in [2.05, 4.69) is 6.07 Å².